The molecule has 0 heterocycles. The zero-order valence-corrected chi connectivity index (χ0v) is 20.6. The van der Waals surface area contributed by atoms with Crippen molar-refractivity contribution in [3.63, 3.8) is 0 Å². The van der Waals surface area contributed by atoms with Crippen molar-refractivity contribution in [1.82, 2.24) is 10.0 Å². The van der Waals surface area contributed by atoms with Crippen molar-refractivity contribution in [3.8, 4) is 5.75 Å². The molecule has 1 atom stereocenters. The van der Waals surface area contributed by atoms with Crippen LogP contribution in [0.4, 0.5) is 16.2 Å². The average molecular weight is 479 g/mol. The van der Waals surface area contributed by atoms with Crippen molar-refractivity contribution in [2.45, 2.75) is 19.4 Å². The van der Waals surface area contributed by atoms with Gasteiger partial charge >= 0.3 is 6.03 Å². The molecule has 0 spiro atoms. The van der Waals surface area contributed by atoms with Crippen LogP contribution in [-0.4, -0.2) is 39.2 Å². The molecule has 3 amide bonds. The summed E-state index contributed by atoms with van der Waals surface area (Å²) in [5.74, 6) is 0.485. The quantitative estimate of drug-likeness (QED) is 0.441. The van der Waals surface area contributed by atoms with Crippen molar-refractivity contribution >= 4 is 35.4 Å². The first-order chi connectivity index (χ1) is 16.4. The number of ether oxygens (including phenoxy) is 1. The standard InChI is InChI=1S/C26H30N4O3S/c1-19-9-8-12-22(17-19)30(3)34-28-26(32)27-24(18-20-10-6-5-7-11-20)25(31)29(2)21-13-15-23(33-4)16-14-21/h5-17,24H,18H2,1-4H3,(H2,27,28,32). The minimum absolute atomic E-state index is 0.221. The summed E-state index contributed by atoms with van der Waals surface area (Å²) in [5.41, 5.74) is 3.75. The smallest absolute Gasteiger partial charge is 0.326 e. The van der Waals surface area contributed by atoms with E-state index in [0.29, 0.717) is 17.9 Å². The summed E-state index contributed by atoms with van der Waals surface area (Å²) in [6.45, 7) is 2.02. The fraction of sp³-hybridized carbons (Fsp3) is 0.231. The second-order valence-corrected chi connectivity index (χ2v) is 8.78. The maximum Gasteiger partial charge on any atom is 0.326 e. The van der Waals surface area contributed by atoms with Gasteiger partial charge in [-0.2, -0.15) is 0 Å². The van der Waals surface area contributed by atoms with E-state index < -0.39 is 12.1 Å². The average Bonchev–Trinajstić information content (AvgIpc) is 2.86. The summed E-state index contributed by atoms with van der Waals surface area (Å²) in [6, 6.07) is 23.6. The predicted octanol–water partition coefficient (Wildman–Crippen LogP) is 4.58. The number of nitrogens with zero attached hydrogens (tertiary/aromatic N) is 2. The van der Waals surface area contributed by atoms with Crippen molar-refractivity contribution < 1.29 is 14.3 Å². The number of benzene rings is 3. The van der Waals surface area contributed by atoms with E-state index in [0.717, 1.165) is 28.9 Å². The second kappa shape index (κ2) is 12.0. The molecule has 3 rings (SSSR count). The molecule has 8 heteroatoms. The molecule has 0 fully saturated rings. The Morgan fingerprint density at radius 2 is 1.65 bits per heavy atom. The summed E-state index contributed by atoms with van der Waals surface area (Å²) in [6.07, 6.45) is 0.367. The fourth-order valence-corrected chi connectivity index (χ4v) is 3.89. The molecule has 0 aliphatic rings. The molecule has 0 saturated carbocycles. The molecule has 0 saturated heterocycles. The Balaban J connectivity index is 1.69. The highest BCUT2D eigenvalue weighted by Gasteiger charge is 2.25. The van der Waals surface area contributed by atoms with E-state index in [2.05, 4.69) is 10.0 Å². The highest BCUT2D eigenvalue weighted by Crippen LogP contribution is 2.21. The first kappa shape index (κ1) is 25.0. The predicted molar refractivity (Wildman–Crippen MR) is 139 cm³/mol. The minimum Gasteiger partial charge on any atom is -0.497 e. The van der Waals surface area contributed by atoms with Gasteiger partial charge in [0.2, 0.25) is 5.91 Å². The summed E-state index contributed by atoms with van der Waals surface area (Å²) in [4.78, 5) is 27.6. The van der Waals surface area contributed by atoms with Crippen molar-refractivity contribution in [2.24, 2.45) is 0 Å². The van der Waals surface area contributed by atoms with Gasteiger partial charge in [0, 0.05) is 31.9 Å². The molecule has 0 bridgehead atoms. The number of rotatable bonds is 9. The van der Waals surface area contributed by atoms with Gasteiger partial charge in [0.25, 0.3) is 0 Å². The van der Waals surface area contributed by atoms with E-state index in [1.54, 1.807) is 31.2 Å². The van der Waals surface area contributed by atoms with Crippen LogP contribution in [0.15, 0.2) is 78.9 Å². The lowest BCUT2D eigenvalue weighted by Gasteiger charge is -2.25. The number of carbonyl (C=O) groups excluding carboxylic acids is 2. The summed E-state index contributed by atoms with van der Waals surface area (Å²) >= 11 is 1.15. The maximum atomic E-state index is 13.4. The highest BCUT2D eigenvalue weighted by atomic mass is 32.2. The zero-order valence-electron chi connectivity index (χ0n) is 19.8. The Labute approximate surface area is 205 Å². The van der Waals surface area contributed by atoms with Crippen LogP contribution in [0.2, 0.25) is 0 Å². The number of methoxy groups -OCH3 is 1. The number of urea groups is 1. The van der Waals surface area contributed by atoms with Gasteiger partial charge < -0.3 is 19.3 Å². The normalized spacial score (nSPS) is 11.3. The Kier molecular flexibility index (Phi) is 8.81. The maximum absolute atomic E-state index is 13.4. The highest BCUT2D eigenvalue weighted by molar-refractivity contribution is 7.99. The fourth-order valence-electron chi connectivity index (χ4n) is 3.39. The van der Waals surface area contributed by atoms with Crippen LogP contribution in [0.1, 0.15) is 11.1 Å². The minimum atomic E-state index is -0.751. The van der Waals surface area contributed by atoms with Gasteiger partial charge in [-0.25, -0.2) is 4.79 Å². The number of hydrogen-bond acceptors (Lipinski definition) is 5. The second-order valence-electron chi connectivity index (χ2n) is 7.84. The largest absolute Gasteiger partial charge is 0.497 e. The molecular weight excluding hydrogens is 448 g/mol. The Morgan fingerprint density at radius 3 is 2.29 bits per heavy atom. The summed E-state index contributed by atoms with van der Waals surface area (Å²) in [7, 11) is 5.16. The SMILES string of the molecule is COc1ccc(N(C)C(=O)C(Cc2ccccc2)NC(=O)NSN(C)c2cccc(C)c2)cc1. The van der Waals surface area contributed by atoms with Crippen molar-refractivity contribution in [2.75, 3.05) is 30.4 Å². The van der Waals surface area contributed by atoms with E-state index >= 15 is 0 Å². The number of anilines is 2. The molecule has 1 unspecified atom stereocenters. The summed E-state index contributed by atoms with van der Waals surface area (Å²) in [5, 5.41) is 2.84. The van der Waals surface area contributed by atoms with Crippen LogP contribution in [0.5, 0.6) is 5.75 Å². The van der Waals surface area contributed by atoms with Crippen LogP contribution < -0.4 is 24.0 Å². The molecule has 3 aromatic rings. The van der Waals surface area contributed by atoms with E-state index in [1.807, 2.05) is 85.0 Å². The Bertz CT molecular complexity index is 1090. The van der Waals surface area contributed by atoms with Gasteiger partial charge in [0.15, 0.2) is 0 Å². The van der Waals surface area contributed by atoms with E-state index in [4.69, 9.17) is 4.74 Å². The van der Waals surface area contributed by atoms with E-state index in [-0.39, 0.29) is 5.91 Å². The molecule has 34 heavy (non-hydrogen) atoms. The van der Waals surface area contributed by atoms with Gasteiger partial charge in [0.05, 0.1) is 19.2 Å². The van der Waals surface area contributed by atoms with E-state index in [1.165, 1.54) is 0 Å². The van der Waals surface area contributed by atoms with Crippen LogP contribution >= 0.6 is 12.1 Å². The molecule has 178 valence electrons. The first-order valence-electron chi connectivity index (χ1n) is 10.9. The van der Waals surface area contributed by atoms with Gasteiger partial charge in [-0.3, -0.25) is 9.52 Å². The molecule has 0 radical (unpaired) electrons. The van der Waals surface area contributed by atoms with Crippen LogP contribution in [0.3, 0.4) is 0 Å². The van der Waals surface area contributed by atoms with Crippen LogP contribution in [0.25, 0.3) is 0 Å². The van der Waals surface area contributed by atoms with Gasteiger partial charge in [-0.15, -0.1) is 0 Å². The molecule has 0 aliphatic carbocycles. The topological polar surface area (TPSA) is 73.9 Å². The number of nitrogens with one attached hydrogen (secondary N) is 2. The Hall–Kier alpha value is -3.65. The number of likely N-dealkylation sites (N-methyl/N-ethyl adjacent to an activating group) is 1. The first-order valence-corrected chi connectivity index (χ1v) is 11.6. The number of hydrogen-bond donors (Lipinski definition) is 2. The van der Waals surface area contributed by atoms with Gasteiger partial charge in [0.1, 0.15) is 11.8 Å². The third-order valence-electron chi connectivity index (χ3n) is 5.32. The lowest BCUT2D eigenvalue weighted by molar-refractivity contribution is -0.120. The molecule has 0 aromatic heterocycles. The molecule has 7 nitrogen and oxygen atoms in total. The van der Waals surface area contributed by atoms with E-state index in [9.17, 15) is 9.59 Å². The van der Waals surface area contributed by atoms with Crippen LogP contribution in [-0.2, 0) is 11.2 Å². The van der Waals surface area contributed by atoms with Gasteiger partial charge in [-0.05, 0) is 54.4 Å². The van der Waals surface area contributed by atoms with Crippen LogP contribution in [0, 0.1) is 6.92 Å². The van der Waals surface area contributed by atoms with Crippen molar-refractivity contribution in [3.05, 3.63) is 90.0 Å². The third kappa shape index (κ3) is 6.92. The molecule has 3 aromatic carbocycles. The monoisotopic (exact) mass is 478 g/mol. The zero-order chi connectivity index (χ0) is 24.5. The molecule has 2 N–H and O–H groups in total. The van der Waals surface area contributed by atoms with Crippen molar-refractivity contribution in [1.29, 1.82) is 0 Å². The molecular formula is C26H30N4O3S. The van der Waals surface area contributed by atoms with Gasteiger partial charge in [-0.1, -0.05) is 42.5 Å². The molecule has 0 aliphatic heterocycles. The number of aryl methyl sites for hydroxylation is 1. The Morgan fingerprint density at radius 1 is 0.941 bits per heavy atom. The number of carbonyl (C=O) groups is 2. The summed E-state index contributed by atoms with van der Waals surface area (Å²) < 4.78 is 9.82. The lowest BCUT2D eigenvalue weighted by atomic mass is 10.0. The third-order valence-corrected chi connectivity index (χ3v) is 6.08. The lowest BCUT2D eigenvalue weighted by Crippen LogP contribution is -2.51. The number of amides is 3.